The molecule has 2 amide bonds. The van der Waals surface area contributed by atoms with Crippen LogP contribution in [0.4, 0.5) is 4.79 Å². The average molecular weight is 419 g/mol. The molecule has 0 aromatic heterocycles. The molecule has 3 N–H and O–H groups in total. The number of urea groups is 1. The van der Waals surface area contributed by atoms with Gasteiger partial charge in [-0.3, -0.25) is 0 Å². The Balaban J connectivity index is 1.55. The second-order valence-corrected chi connectivity index (χ2v) is 7.65. The third kappa shape index (κ3) is 5.34. The molecular weight excluding hydrogens is 392 g/mol. The Hall–Kier alpha value is -2.44. The number of methoxy groups -OCH3 is 1. The van der Waals surface area contributed by atoms with Crippen molar-refractivity contribution in [1.29, 1.82) is 0 Å². The van der Waals surface area contributed by atoms with E-state index in [0.29, 0.717) is 38.5 Å². The van der Waals surface area contributed by atoms with Crippen LogP contribution in [0.15, 0.2) is 42.5 Å². The SMILES string of the molecule is COc1cc(CCNC(=O)NCC2(c3ccccc3Cl)CCOCC2)ccc1O. The third-order valence-electron chi connectivity index (χ3n) is 5.43. The van der Waals surface area contributed by atoms with Gasteiger partial charge in [0, 0.05) is 36.7 Å². The Morgan fingerprint density at radius 3 is 2.69 bits per heavy atom. The zero-order valence-electron chi connectivity index (χ0n) is 16.5. The highest BCUT2D eigenvalue weighted by molar-refractivity contribution is 6.31. The maximum absolute atomic E-state index is 12.4. The molecule has 3 rings (SSSR count). The number of phenols is 1. The molecule has 0 saturated carbocycles. The first-order chi connectivity index (χ1) is 14.0. The van der Waals surface area contributed by atoms with E-state index in [0.717, 1.165) is 29.0 Å². The largest absolute Gasteiger partial charge is 0.504 e. The quantitative estimate of drug-likeness (QED) is 0.641. The molecule has 6 nitrogen and oxygen atoms in total. The van der Waals surface area contributed by atoms with Crippen LogP contribution in [0.25, 0.3) is 0 Å². The van der Waals surface area contributed by atoms with Crippen molar-refractivity contribution in [3.63, 3.8) is 0 Å². The van der Waals surface area contributed by atoms with Gasteiger partial charge >= 0.3 is 6.03 Å². The zero-order valence-corrected chi connectivity index (χ0v) is 17.3. The molecule has 1 heterocycles. The molecule has 0 spiro atoms. The number of carbonyl (C=O) groups excluding carboxylic acids is 1. The first-order valence-corrected chi connectivity index (χ1v) is 10.1. The summed E-state index contributed by atoms with van der Waals surface area (Å²) >= 11 is 6.45. The van der Waals surface area contributed by atoms with Gasteiger partial charge in [-0.25, -0.2) is 4.79 Å². The minimum Gasteiger partial charge on any atom is -0.504 e. The summed E-state index contributed by atoms with van der Waals surface area (Å²) in [6.07, 6.45) is 2.25. The molecule has 1 fully saturated rings. The lowest BCUT2D eigenvalue weighted by Gasteiger charge is -2.38. The predicted octanol–water partition coefficient (Wildman–Crippen LogP) is 3.64. The van der Waals surface area contributed by atoms with Crippen molar-refractivity contribution in [2.45, 2.75) is 24.7 Å². The normalized spacial score (nSPS) is 15.5. The molecule has 2 aromatic carbocycles. The molecule has 29 heavy (non-hydrogen) atoms. The third-order valence-corrected chi connectivity index (χ3v) is 5.76. The van der Waals surface area contributed by atoms with Crippen LogP contribution in [0.2, 0.25) is 5.02 Å². The topological polar surface area (TPSA) is 79.8 Å². The van der Waals surface area contributed by atoms with E-state index in [9.17, 15) is 9.90 Å². The summed E-state index contributed by atoms with van der Waals surface area (Å²) in [5.41, 5.74) is 1.80. The summed E-state index contributed by atoms with van der Waals surface area (Å²) in [6.45, 7) is 2.27. The van der Waals surface area contributed by atoms with Crippen molar-refractivity contribution in [3.8, 4) is 11.5 Å². The number of amides is 2. The number of nitrogens with one attached hydrogen (secondary N) is 2. The van der Waals surface area contributed by atoms with Gasteiger partial charge in [0.2, 0.25) is 0 Å². The van der Waals surface area contributed by atoms with E-state index < -0.39 is 0 Å². The van der Waals surface area contributed by atoms with E-state index in [2.05, 4.69) is 10.6 Å². The van der Waals surface area contributed by atoms with Gasteiger partial charge in [-0.1, -0.05) is 35.9 Å². The summed E-state index contributed by atoms with van der Waals surface area (Å²) in [5.74, 6) is 0.524. The van der Waals surface area contributed by atoms with E-state index in [1.807, 2.05) is 30.3 Å². The van der Waals surface area contributed by atoms with Crippen molar-refractivity contribution >= 4 is 17.6 Å². The van der Waals surface area contributed by atoms with Crippen LogP contribution in [0, 0.1) is 0 Å². The minimum atomic E-state index is -0.224. The van der Waals surface area contributed by atoms with Crippen LogP contribution in [-0.4, -0.2) is 44.6 Å². The number of ether oxygens (including phenoxy) is 2. The fraction of sp³-hybridized carbons (Fsp3) is 0.409. The molecule has 1 aliphatic heterocycles. The number of halogens is 1. The molecule has 156 valence electrons. The van der Waals surface area contributed by atoms with E-state index in [1.54, 1.807) is 12.1 Å². The molecule has 2 aromatic rings. The zero-order chi connectivity index (χ0) is 20.7. The maximum Gasteiger partial charge on any atom is 0.314 e. The van der Waals surface area contributed by atoms with Crippen LogP contribution >= 0.6 is 11.6 Å². The van der Waals surface area contributed by atoms with Gasteiger partial charge in [0.1, 0.15) is 0 Å². The number of benzene rings is 2. The molecule has 7 heteroatoms. The number of aromatic hydroxyl groups is 1. The van der Waals surface area contributed by atoms with Gasteiger partial charge in [0.25, 0.3) is 0 Å². The Kier molecular flexibility index (Phi) is 7.23. The highest BCUT2D eigenvalue weighted by atomic mass is 35.5. The van der Waals surface area contributed by atoms with Gasteiger partial charge in [0.15, 0.2) is 11.5 Å². The van der Waals surface area contributed by atoms with Crippen LogP contribution in [0.1, 0.15) is 24.0 Å². The van der Waals surface area contributed by atoms with Crippen LogP contribution in [0.3, 0.4) is 0 Å². The van der Waals surface area contributed by atoms with E-state index in [4.69, 9.17) is 21.1 Å². The molecule has 0 atom stereocenters. The lowest BCUT2D eigenvalue weighted by molar-refractivity contribution is 0.0507. The van der Waals surface area contributed by atoms with Crippen LogP contribution in [0.5, 0.6) is 11.5 Å². The predicted molar refractivity (Wildman–Crippen MR) is 113 cm³/mol. The molecule has 0 radical (unpaired) electrons. The molecule has 0 unspecified atom stereocenters. The van der Waals surface area contributed by atoms with Gasteiger partial charge in [-0.05, 0) is 48.6 Å². The number of hydrogen-bond donors (Lipinski definition) is 3. The van der Waals surface area contributed by atoms with Crippen molar-refractivity contribution in [2.24, 2.45) is 0 Å². The van der Waals surface area contributed by atoms with E-state index in [-0.39, 0.29) is 17.2 Å². The number of carbonyl (C=O) groups is 1. The maximum atomic E-state index is 12.4. The first-order valence-electron chi connectivity index (χ1n) is 9.74. The highest BCUT2D eigenvalue weighted by Gasteiger charge is 2.36. The Morgan fingerprint density at radius 2 is 1.97 bits per heavy atom. The molecular formula is C22H27ClN2O4. The molecule has 1 aliphatic rings. The van der Waals surface area contributed by atoms with Gasteiger partial charge in [0.05, 0.1) is 7.11 Å². The number of phenolic OH excluding ortho intramolecular Hbond substituents is 1. The second kappa shape index (κ2) is 9.85. The Labute approximate surface area is 176 Å². The van der Waals surface area contributed by atoms with Crippen molar-refractivity contribution in [2.75, 3.05) is 33.4 Å². The standard InChI is InChI=1S/C22H27ClN2O4/c1-28-20-14-16(6-7-19(20)26)8-11-24-21(27)25-15-22(9-12-29-13-10-22)17-4-2-3-5-18(17)23/h2-7,14,26H,8-13,15H2,1H3,(H2,24,25,27). The van der Waals surface area contributed by atoms with Crippen molar-refractivity contribution < 1.29 is 19.4 Å². The molecule has 1 saturated heterocycles. The monoisotopic (exact) mass is 418 g/mol. The lowest BCUT2D eigenvalue weighted by Crippen LogP contribution is -2.47. The van der Waals surface area contributed by atoms with Crippen molar-refractivity contribution in [1.82, 2.24) is 10.6 Å². The van der Waals surface area contributed by atoms with Crippen LogP contribution < -0.4 is 15.4 Å². The number of hydrogen-bond acceptors (Lipinski definition) is 4. The number of rotatable bonds is 7. The summed E-state index contributed by atoms with van der Waals surface area (Å²) in [5, 5.41) is 16.3. The fourth-order valence-corrected chi connectivity index (χ4v) is 4.04. The second-order valence-electron chi connectivity index (χ2n) is 7.24. The lowest BCUT2D eigenvalue weighted by atomic mass is 9.74. The van der Waals surface area contributed by atoms with Gasteiger partial charge in [-0.15, -0.1) is 0 Å². The first kappa shape index (κ1) is 21.3. The summed E-state index contributed by atoms with van der Waals surface area (Å²) in [4.78, 5) is 12.4. The Bertz CT molecular complexity index is 837. The summed E-state index contributed by atoms with van der Waals surface area (Å²) in [7, 11) is 1.51. The smallest absolute Gasteiger partial charge is 0.314 e. The van der Waals surface area contributed by atoms with E-state index >= 15 is 0 Å². The fourth-order valence-electron chi connectivity index (χ4n) is 3.70. The summed E-state index contributed by atoms with van der Waals surface area (Å²) in [6, 6.07) is 12.8. The molecule has 0 aliphatic carbocycles. The van der Waals surface area contributed by atoms with Gasteiger partial charge in [-0.2, -0.15) is 0 Å². The Morgan fingerprint density at radius 1 is 1.21 bits per heavy atom. The van der Waals surface area contributed by atoms with Crippen molar-refractivity contribution in [3.05, 3.63) is 58.6 Å². The summed E-state index contributed by atoms with van der Waals surface area (Å²) < 4.78 is 10.6. The van der Waals surface area contributed by atoms with E-state index in [1.165, 1.54) is 7.11 Å². The van der Waals surface area contributed by atoms with Crippen LogP contribution in [-0.2, 0) is 16.6 Å². The molecule has 0 bridgehead atoms. The highest BCUT2D eigenvalue weighted by Crippen LogP contribution is 2.38. The van der Waals surface area contributed by atoms with Gasteiger partial charge < -0.3 is 25.2 Å². The minimum absolute atomic E-state index is 0.100. The average Bonchev–Trinajstić information content (AvgIpc) is 2.74.